The zero-order valence-corrected chi connectivity index (χ0v) is 9.20. The molecule has 2 N–H and O–H groups in total. The summed E-state index contributed by atoms with van der Waals surface area (Å²) in [6.45, 7) is 2.46. The molecular formula is C14H14FN. The highest BCUT2D eigenvalue weighted by molar-refractivity contribution is 5.68. The normalized spacial score (nSPS) is 10.4. The molecule has 0 bridgehead atoms. The van der Waals surface area contributed by atoms with Gasteiger partial charge < -0.3 is 5.73 Å². The van der Waals surface area contributed by atoms with Crippen molar-refractivity contribution in [1.29, 1.82) is 0 Å². The smallest absolute Gasteiger partial charge is 0.131 e. The molecule has 1 nitrogen and oxygen atoms in total. The molecule has 0 saturated heterocycles. The lowest BCUT2D eigenvalue weighted by Crippen LogP contribution is -2.00. The van der Waals surface area contributed by atoms with Crippen molar-refractivity contribution < 1.29 is 4.39 Å². The predicted octanol–water partition coefficient (Wildman–Crippen LogP) is 3.26. The molecule has 2 rings (SSSR count). The summed E-state index contributed by atoms with van der Waals surface area (Å²) in [5.74, 6) is -0.195. The monoisotopic (exact) mass is 215 g/mol. The van der Waals surface area contributed by atoms with E-state index in [1.54, 1.807) is 12.1 Å². The summed E-state index contributed by atoms with van der Waals surface area (Å²) >= 11 is 0. The molecule has 0 radical (unpaired) electrons. The fourth-order valence-electron chi connectivity index (χ4n) is 1.88. The highest BCUT2D eigenvalue weighted by Crippen LogP contribution is 2.27. The number of benzene rings is 2. The van der Waals surface area contributed by atoms with Crippen molar-refractivity contribution in [3.8, 4) is 11.1 Å². The minimum atomic E-state index is -0.195. The minimum Gasteiger partial charge on any atom is -0.326 e. The summed E-state index contributed by atoms with van der Waals surface area (Å²) in [7, 11) is 0. The highest BCUT2D eigenvalue weighted by atomic mass is 19.1. The van der Waals surface area contributed by atoms with Gasteiger partial charge in [0.1, 0.15) is 5.82 Å². The average molecular weight is 215 g/mol. The van der Waals surface area contributed by atoms with Gasteiger partial charge in [0.2, 0.25) is 0 Å². The Morgan fingerprint density at radius 2 is 1.69 bits per heavy atom. The van der Waals surface area contributed by atoms with Crippen molar-refractivity contribution in [2.45, 2.75) is 13.5 Å². The van der Waals surface area contributed by atoms with Crippen LogP contribution in [0.2, 0.25) is 0 Å². The average Bonchev–Trinajstić information content (AvgIpc) is 2.31. The summed E-state index contributed by atoms with van der Waals surface area (Å²) < 4.78 is 13.7. The first kappa shape index (κ1) is 10.8. The first-order valence-electron chi connectivity index (χ1n) is 5.27. The highest BCUT2D eigenvalue weighted by Gasteiger charge is 2.08. The van der Waals surface area contributed by atoms with Gasteiger partial charge in [-0.3, -0.25) is 0 Å². The van der Waals surface area contributed by atoms with E-state index in [9.17, 15) is 4.39 Å². The summed E-state index contributed by atoms with van der Waals surface area (Å²) in [6, 6.07) is 12.6. The molecule has 0 atom stereocenters. The summed E-state index contributed by atoms with van der Waals surface area (Å²) in [5.41, 5.74) is 9.30. The molecule has 0 aromatic heterocycles. The second-order valence-electron chi connectivity index (χ2n) is 3.77. The van der Waals surface area contributed by atoms with Crippen LogP contribution in [0.4, 0.5) is 4.39 Å². The first-order valence-corrected chi connectivity index (χ1v) is 5.27. The van der Waals surface area contributed by atoms with E-state index < -0.39 is 0 Å². The predicted molar refractivity (Wildman–Crippen MR) is 64.5 cm³/mol. The lowest BCUT2D eigenvalue weighted by molar-refractivity contribution is 0.631. The standard InChI is InChI=1S/C14H14FN/c1-10-11(9-16)5-4-7-12(10)13-6-2-3-8-14(13)15/h2-8H,9,16H2,1H3. The molecule has 82 valence electrons. The molecule has 0 fully saturated rings. The fraction of sp³-hybridized carbons (Fsp3) is 0.143. The summed E-state index contributed by atoms with van der Waals surface area (Å²) in [5, 5.41) is 0. The van der Waals surface area contributed by atoms with Crippen molar-refractivity contribution in [3.05, 3.63) is 59.4 Å². The van der Waals surface area contributed by atoms with Crippen LogP contribution in [0.5, 0.6) is 0 Å². The number of nitrogens with two attached hydrogens (primary N) is 1. The molecule has 16 heavy (non-hydrogen) atoms. The molecule has 0 aliphatic heterocycles. The minimum absolute atomic E-state index is 0.195. The van der Waals surface area contributed by atoms with Crippen molar-refractivity contribution in [2.75, 3.05) is 0 Å². The second kappa shape index (κ2) is 4.45. The fourth-order valence-corrected chi connectivity index (χ4v) is 1.88. The first-order chi connectivity index (χ1) is 7.74. The Kier molecular flexibility index (Phi) is 3.02. The number of halogens is 1. The lowest BCUT2D eigenvalue weighted by atomic mass is 9.96. The van der Waals surface area contributed by atoms with Crippen LogP contribution in [-0.4, -0.2) is 0 Å². The van der Waals surface area contributed by atoms with E-state index in [2.05, 4.69) is 0 Å². The van der Waals surface area contributed by atoms with Crippen LogP contribution in [0.1, 0.15) is 11.1 Å². The van der Waals surface area contributed by atoms with Crippen molar-refractivity contribution in [3.63, 3.8) is 0 Å². The number of hydrogen-bond acceptors (Lipinski definition) is 1. The third-order valence-electron chi connectivity index (χ3n) is 2.83. The Morgan fingerprint density at radius 1 is 1.00 bits per heavy atom. The third-order valence-corrected chi connectivity index (χ3v) is 2.83. The van der Waals surface area contributed by atoms with E-state index in [1.165, 1.54) is 6.07 Å². The molecule has 0 aliphatic rings. The van der Waals surface area contributed by atoms with Gasteiger partial charge in [-0.25, -0.2) is 4.39 Å². The molecule has 0 spiro atoms. The summed E-state index contributed by atoms with van der Waals surface area (Å²) in [6.07, 6.45) is 0. The number of rotatable bonds is 2. The maximum absolute atomic E-state index is 13.7. The Labute approximate surface area is 94.7 Å². The third kappa shape index (κ3) is 1.84. The molecule has 0 unspecified atom stereocenters. The zero-order valence-electron chi connectivity index (χ0n) is 9.20. The second-order valence-corrected chi connectivity index (χ2v) is 3.77. The maximum Gasteiger partial charge on any atom is 0.131 e. The van der Waals surface area contributed by atoms with Gasteiger partial charge in [0.05, 0.1) is 0 Å². The van der Waals surface area contributed by atoms with Gasteiger partial charge in [-0.2, -0.15) is 0 Å². The zero-order chi connectivity index (χ0) is 11.5. The SMILES string of the molecule is Cc1c(CN)cccc1-c1ccccc1F. The molecular weight excluding hydrogens is 201 g/mol. The van der Waals surface area contributed by atoms with Gasteiger partial charge >= 0.3 is 0 Å². The molecule has 0 saturated carbocycles. The van der Waals surface area contributed by atoms with Crippen LogP contribution >= 0.6 is 0 Å². The maximum atomic E-state index is 13.7. The van der Waals surface area contributed by atoms with Gasteiger partial charge in [-0.15, -0.1) is 0 Å². The van der Waals surface area contributed by atoms with Crippen LogP contribution < -0.4 is 5.73 Å². The molecule has 2 aromatic rings. The largest absolute Gasteiger partial charge is 0.326 e. The molecule has 0 heterocycles. The van der Waals surface area contributed by atoms with Crippen LogP contribution in [0.3, 0.4) is 0 Å². The Bertz CT molecular complexity index is 506. The van der Waals surface area contributed by atoms with E-state index in [1.807, 2.05) is 31.2 Å². The lowest BCUT2D eigenvalue weighted by Gasteiger charge is -2.10. The van der Waals surface area contributed by atoms with Crippen LogP contribution in [0, 0.1) is 12.7 Å². The van der Waals surface area contributed by atoms with Gasteiger partial charge in [-0.05, 0) is 29.7 Å². The Hall–Kier alpha value is -1.67. The quantitative estimate of drug-likeness (QED) is 0.817. The van der Waals surface area contributed by atoms with Crippen LogP contribution in [0.25, 0.3) is 11.1 Å². The molecule has 2 aromatic carbocycles. The van der Waals surface area contributed by atoms with Crippen molar-refractivity contribution in [1.82, 2.24) is 0 Å². The van der Waals surface area contributed by atoms with E-state index >= 15 is 0 Å². The van der Waals surface area contributed by atoms with E-state index in [-0.39, 0.29) is 5.82 Å². The van der Waals surface area contributed by atoms with Crippen molar-refractivity contribution in [2.24, 2.45) is 5.73 Å². The van der Waals surface area contributed by atoms with Gasteiger partial charge in [0.25, 0.3) is 0 Å². The van der Waals surface area contributed by atoms with E-state index in [4.69, 9.17) is 5.73 Å². The number of hydrogen-bond donors (Lipinski definition) is 1. The Balaban J connectivity index is 2.61. The van der Waals surface area contributed by atoms with E-state index in [0.29, 0.717) is 12.1 Å². The molecule has 0 amide bonds. The van der Waals surface area contributed by atoms with Gasteiger partial charge in [-0.1, -0.05) is 36.4 Å². The molecule has 0 aliphatic carbocycles. The van der Waals surface area contributed by atoms with Crippen molar-refractivity contribution >= 4 is 0 Å². The van der Waals surface area contributed by atoms with E-state index in [0.717, 1.165) is 16.7 Å². The topological polar surface area (TPSA) is 26.0 Å². The van der Waals surface area contributed by atoms with Crippen LogP contribution in [-0.2, 0) is 6.54 Å². The van der Waals surface area contributed by atoms with Gasteiger partial charge in [0.15, 0.2) is 0 Å². The van der Waals surface area contributed by atoms with Gasteiger partial charge in [0, 0.05) is 12.1 Å². The summed E-state index contributed by atoms with van der Waals surface area (Å²) in [4.78, 5) is 0. The molecule has 2 heteroatoms. The van der Waals surface area contributed by atoms with Crippen LogP contribution in [0.15, 0.2) is 42.5 Å². The Morgan fingerprint density at radius 3 is 2.38 bits per heavy atom.